The lowest BCUT2D eigenvalue weighted by atomic mass is 10.1. The Morgan fingerprint density at radius 2 is 2.38 bits per heavy atom. The van der Waals surface area contributed by atoms with Gasteiger partial charge in [0.2, 0.25) is 0 Å². The van der Waals surface area contributed by atoms with Crippen LogP contribution in [0.5, 0.6) is 0 Å². The van der Waals surface area contributed by atoms with E-state index < -0.39 is 0 Å². The number of nitrogens with one attached hydrogen (secondary N) is 1. The Kier molecular flexibility index (Phi) is 5.48. The normalized spacial score (nSPS) is 17.4. The zero-order chi connectivity index (χ0) is 16.8. The molecule has 0 radical (unpaired) electrons. The number of hydrogen-bond donors (Lipinski definition) is 1. The highest BCUT2D eigenvalue weighted by atomic mass is 16.3. The van der Waals surface area contributed by atoms with Crippen LogP contribution in [0.15, 0.2) is 47.5 Å². The highest BCUT2D eigenvalue weighted by Gasteiger charge is 2.26. The number of likely N-dealkylation sites (tertiary alicyclic amines) is 1. The van der Waals surface area contributed by atoms with E-state index >= 15 is 0 Å². The largest absolute Gasteiger partial charge is 0.472 e. The van der Waals surface area contributed by atoms with E-state index in [0.717, 1.165) is 38.2 Å². The van der Waals surface area contributed by atoms with Crippen LogP contribution in [0.4, 0.5) is 4.79 Å². The second-order valence-corrected chi connectivity index (χ2v) is 6.45. The molecule has 1 fully saturated rings. The van der Waals surface area contributed by atoms with Crippen molar-refractivity contribution in [2.75, 3.05) is 26.7 Å². The van der Waals surface area contributed by atoms with Gasteiger partial charge >= 0.3 is 6.03 Å². The number of rotatable bonds is 6. The van der Waals surface area contributed by atoms with Crippen molar-refractivity contribution in [2.24, 2.45) is 5.92 Å². The van der Waals surface area contributed by atoms with Crippen molar-refractivity contribution in [1.82, 2.24) is 20.1 Å². The van der Waals surface area contributed by atoms with Crippen LogP contribution in [-0.4, -0.2) is 47.5 Å². The van der Waals surface area contributed by atoms with Crippen LogP contribution < -0.4 is 5.32 Å². The van der Waals surface area contributed by atoms with Crippen molar-refractivity contribution >= 4 is 6.03 Å². The highest BCUT2D eigenvalue weighted by Crippen LogP contribution is 2.18. The van der Waals surface area contributed by atoms with E-state index in [2.05, 4.69) is 28.3 Å². The van der Waals surface area contributed by atoms with Crippen molar-refractivity contribution in [1.29, 1.82) is 0 Å². The van der Waals surface area contributed by atoms with E-state index in [1.165, 1.54) is 5.56 Å². The van der Waals surface area contributed by atoms with Gasteiger partial charge in [0, 0.05) is 50.7 Å². The van der Waals surface area contributed by atoms with Gasteiger partial charge in [-0.25, -0.2) is 4.79 Å². The fourth-order valence-electron chi connectivity index (χ4n) is 3.16. The zero-order valence-corrected chi connectivity index (χ0v) is 14.0. The molecule has 2 aromatic heterocycles. The van der Waals surface area contributed by atoms with E-state index in [-0.39, 0.29) is 6.03 Å². The second-order valence-electron chi connectivity index (χ2n) is 6.45. The molecule has 0 unspecified atom stereocenters. The SMILES string of the molecule is CN(Cc1cccnc1)C[C@@H]1CCN(C(=O)NCc2ccoc2)C1. The lowest BCUT2D eigenvalue weighted by molar-refractivity contribution is 0.203. The zero-order valence-electron chi connectivity index (χ0n) is 14.0. The van der Waals surface area contributed by atoms with Crippen LogP contribution in [0.3, 0.4) is 0 Å². The average molecular weight is 328 g/mol. The number of carbonyl (C=O) groups is 1. The van der Waals surface area contributed by atoms with Crippen LogP contribution >= 0.6 is 0 Å². The third-order valence-electron chi connectivity index (χ3n) is 4.34. The topological polar surface area (TPSA) is 61.6 Å². The minimum atomic E-state index is 0.00797. The molecule has 3 heterocycles. The molecule has 0 aromatic carbocycles. The number of urea groups is 1. The molecule has 0 aliphatic carbocycles. The van der Waals surface area contributed by atoms with Gasteiger partial charge in [-0.1, -0.05) is 6.07 Å². The van der Waals surface area contributed by atoms with Crippen molar-refractivity contribution in [2.45, 2.75) is 19.5 Å². The molecule has 1 aliphatic rings. The van der Waals surface area contributed by atoms with Gasteiger partial charge in [0.15, 0.2) is 0 Å². The molecule has 1 N–H and O–H groups in total. The molecule has 24 heavy (non-hydrogen) atoms. The molecule has 128 valence electrons. The first kappa shape index (κ1) is 16.5. The summed E-state index contributed by atoms with van der Waals surface area (Å²) in [7, 11) is 2.12. The molecule has 3 rings (SSSR count). The summed E-state index contributed by atoms with van der Waals surface area (Å²) in [5.74, 6) is 0.520. The first-order valence-electron chi connectivity index (χ1n) is 8.32. The van der Waals surface area contributed by atoms with Crippen LogP contribution in [0.1, 0.15) is 17.5 Å². The maximum atomic E-state index is 12.2. The van der Waals surface area contributed by atoms with Gasteiger partial charge in [-0.15, -0.1) is 0 Å². The van der Waals surface area contributed by atoms with Gasteiger partial charge in [-0.3, -0.25) is 4.98 Å². The molecule has 2 aromatic rings. The Balaban J connectivity index is 1.40. The fourth-order valence-corrected chi connectivity index (χ4v) is 3.16. The van der Waals surface area contributed by atoms with Gasteiger partial charge in [0.05, 0.1) is 12.5 Å². The van der Waals surface area contributed by atoms with Gasteiger partial charge in [0.25, 0.3) is 0 Å². The lowest BCUT2D eigenvalue weighted by Gasteiger charge is -2.21. The van der Waals surface area contributed by atoms with Crippen molar-refractivity contribution in [3.05, 3.63) is 54.2 Å². The van der Waals surface area contributed by atoms with Gasteiger partial charge < -0.3 is 19.5 Å². The average Bonchev–Trinajstić information content (AvgIpc) is 3.25. The predicted octanol–water partition coefficient (Wildman–Crippen LogP) is 2.34. The fraction of sp³-hybridized carbons (Fsp3) is 0.444. The minimum Gasteiger partial charge on any atom is -0.472 e. The van der Waals surface area contributed by atoms with Crippen molar-refractivity contribution < 1.29 is 9.21 Å². The molecular weight excluding hydrogens is 304 g/mol. The second kappa shape index (κ2) is 7.97. The van der Waals surface area contributed by atoms with Crippen LogP contribution in [0.2, 0.25) is 0 Å². The Hall–Kier alpha value is -2.34. The predicted molar refractivity (Wildman–Crippen MR) is 91.2 cm³/mol. The molecule has 0 spiro atoms. The van der Waals surface area contributed by atoms with E-state index in [4.69, 9.17) is 4.42 Å². The Labute approximate surface area is 142 Å². The summed E-state index contributed by atoms with van der Waals surface area (Å²) in [6.45, 7) is 4.02. The number of hydrogen-bond acceptors (Lipinski definition) is 4. The number of nitrogens with zero attached hydrogens (tertiary/aromatic N) is 3. The number of carbonyl (C=O) groups excluding carboxylic acids is 1. The standard InChI is InChI=1S/C18H24N4O2/c1-21(11-15-3-2-6-19-9-15)12-17-4-7-22(13-17)18(23)20-10-16-5-8-24-14-16/h2-3,5-6,8-9,14,17H,4,7,10-13H2,1H3,(H,20,23)/t17-/m0/s1. The van der Waals surface area contributed by atoms with Crippen molar-refractivity contribution in [3.63, 3.8) is 0 Å². The molecule has 1 atom stereocenters. The number of amides is 2. The molecule has 1 aliphatic heterocycles. The van der Waals surface area contributed by atoms with Gasteiger partial charge in [-0.2, -0.15) is 0 Å². The molecule has 6 nitrogen and oxygen atoms in total. The van der Waals surface area contributed by atoms with Gasteiger partial charge in [0.1, 0.15) is 0 Å². The van der Waals surface area contributed by atoms with E-state index in [1.807, 2.05) is 23.2 Å². The molecule has 2 amide bonds. The summed E-state index contributed by atoms with van der Waals surface area (Å²) >= 11 is 0. The number of aromatic nitrogens is 1. The first-order valence-corrected chi connectivity index (χ1v) is 8.32. The smallest absolute Gasteiger partial charge is 0.317 e. The third kappa shape index (κ3) is 4.58. The number of furan rings is 1. The summed E-state index contributed by atoms with van der Waals surface area (Å²) in [6, 6.07) is 5.92. The van der Waals surface area contributed by atoms with E-state index in [0.29, 0.717) is 12.5 Å². The summed E-state index contributed by atoms with van der Waals surface area (Å²) in [4.78, 5) is 20.6. The van der Waals surface area contributed by atoms with Crippen LogP contribution in [0, 0.1) is 5.92 Å². The molecule has 0 saturated carbocycles. The maximum absolute atomic E-state index is 12.2. The third-order valence-corrected chi connectivity index (χ3v) is 4.34. The van der Waals surface area contributed by atoms with Crippen LogP contribution in [-0.2, 0) is 13.1 Å². The summed E-state index contributed by atoms with van der Waals surface area (Å²) in [5.41, 5.74) is 2.20. The number of pyridine rings is 1. The first-order chi connectivity index (χ1) is 11.7. The van der Waals surface area contributed by atoms with Gasteiger partial charge in [-0.05, 0) is 37.1 Å². The molecule has 0 bridgehead atoms. The quantitative estimate of drug-likeness (QED) is 0.884. The van der Waals surface area contributed by atoms with Crippen molar-refractivity contribution in [3.8, 4) is 0 Å². The Bertz CT molecular complexity index is 630. The Morgan fingerprint density at radius 3 is 3.12 bits per heavy atom. The summed E-state index contributed by atoms with van der Waals surface area (Å²) < 4.78 is 5.01. The molecular formula is C18H24N4O2. The molecule has 1 saturated heterocycles. The minimum absolute atomic E-state index is 0.00797. The maximum Gasteiger partial charge on any atom is 0.317 e. The summed E-state index contributed by atoms with van der Waals surface area (Å²) in [6.07, 6.45) is 8.02. The molecule has 6 heteroatoms. The van der Waals surface area contributed by atoms with Crippen LogP contribution in [0.25, 0.3) is 0 Å². The lowest BCUT2D eigenvalue weighted by Crippen LogP contribution is -2.38. The van der Waals surface area contributed by atoms with E-state index in [1.54, 1.807) is 18.7 Å². The Morgan fingerprint density at radius 1 is 1.46 bits per heavy atom. The summed E-state index contributed by atoms with van der Waals surface area (Å²) in [5, 5.41) is 2.95. The highest BCUT2D eigenvalue weighted by molar-refractivity contribution is 5.74. The monoisotopic (exact) mass is 328 g/mol. The van der Waals surface area contributed by atoms with E-state index in [9.17, 15) is 4.79 Å².